The molecule has 5 heteroatoms. The van der Waals surface area contributed by atoms with Crippen molar-refractivity contribution in [2.24, 2.45) is 11.8 Å². The molecule has 29 heavy (non-hydrogen) atoms. The minimum Gasteiger partial charge on any atom is -0.481 e. The Morgan fingerprint density at radius 1 is 1.14 bits per heavy atom. The van der Waals surface area contributed by atoms with Crippen molar-refractivity contribution in [3.63, 3.8) is 0 Å². The van der Waals surface area contributed by atoms with Crippen molar-refractivity contribution in [1.82, 2.24) is 9.88 Å². The lowest BCUT2D eigenvalue weighted by molar-refractivity contribution is -0.152. The van der Waals surface area contributed by atoms with Gasteiger partial charge in [-0.2, -0.15) is 0 Å². The molecule has 1 aliphatic heterocycles. The summed E-state index contributed by atoms with van der Waals surface area (Å²) in [5, 5.41) is 10.9. The van der Waals surface area contributed by atoms with Gasteiger partial charge >= 0.3 is 5.97 Å². The van der Waals surface area contributed by atoms with Gasteiger partial charge < -0.3 is 15.0 Å². The van der Waals surface area contributed by atoms with Crippen molar-refractivity contribution >= 4 is 22.8 Å². The summed E-state index contributed by atoms with van der Waals surface area (Å²) in [6, 6.07) is 6.50. The number of nitrogens with one attached hydrogen (secondary N) is 1. The van der Waals surface area contributed by atoms with Gasteiger partial charge in [0.15, 0.2) is 0 Å². The van der Waals surface area contributed by atoms with Gasteiger partial charge in [0.1, 0.15) is 0 Å². The Morgan fingerprint density at radius 2 is 1.97 bits per heavy atom. The maximum absolute atomic E-state index is 13.6. The molecule has 4 unspecified atom stereocenters. The number of hydrogen-bond acceptors (Lipinski definition) is 2. The zero-order valence-corrected chi connectivity index (χ0v) is 17.1. The molecule has 154 valence electrons. The largest absolute Gasteiger partial charge is 0.481 e. The van der Waals surface area contributed by atoms with Crippen LogP contribution < -0.4 is 0 Å². The van der Waals surface area contributed by atoms with Crippen molar-refractivity contribution in [1.29, 1.82) is 0 Å². The zero-order valence-electron chi connectivity index (χ0n) is 17.1. The quantitative estimate of drug-likeness (QED) is 0.793. The van der Waals surface area contributed by atoms with Crippen LogP contribution in [-0.2, 0) is 9.59 Å². The molecular weight excluding hydrogens is 364 g/mol. The maximum atomic E-state index is 13.6. The van der Waals surface area contributed by atoms with Gasteiger partial charge in [-0.25, -0.2) is 0 Å². The fourth-order valence-electron chi connectivity index (χ4n) is 5.97. The number of carboxylic acid groups (broad SMARTS) is 1. The van der Waals surface area contributed by atoms with E-state index in [0.29, 0.717) is 5.92 Å². The van der Waals surface area contributed by atoms with E-state index in [1.54, 1.807) is 0 Å². The number of likely N-dealkylation sites (tertiary alicyclic amines) is 1. The van der Waals surface area contributed by atoms with Crippen molar-refractivity contribution in [2.75, 3.05) is 6.54 Å². The summed E-state index contributed by atoms with van der Waals surface area (Å²) in [6.07, 6.45) is 8.91. The van der Waals surface area contributed by atoms with E-state index in [-0.39, 0.29) is 29.7 Å². The molecule has 0 radical (unpaired) electrons. The lowest BCUT2D eigenvalue weighted by Crippen LogP contribution is -2.54. The monoisotopic (exact) mass is 394 g/mol. The summed E-state index contributed by atoms with van der Waals surface area (Å²) in [4.78, 5) is 30.8. The van der Waals surface area contributed by atoms with Gasteiger partial charge in [0.25, 0.3) is 0 Å². The molecule has 1 aromatic heterocycles. The number of hydrogen-bond donors (Lipinski definition) is 2. The number of fused-ring (bicyclic) bond motifs is 2. The predicted molar refractivity (Wildman–Crippen MR) is 112 cm³/mol. The van der Waals surface area contributed by atoms with Crippen LogP contribution in [0.1, 0.15) is 74.8 Å². The molecule has 3 fully saturated rings. The van der Waals surface area contributed by atoms with E-state index in [0.717, 1.165) is 49.7 Å². The highest BCUT2D eigenvalue weighted by molar-refractivity contribution is 5.94. The van der Waals surface area contributed by atoms with E-state index in [1.165, 1.54) is 23.8 Å². The molecular formula is C24H30N2O3. The van der Waals surface area contributed by atoms with Crippen molar-refractivity contribution in [3.05, 3.63) is 35.5 Å². The number of rotatable bonds is 4. The van der Waals surface area contributed by atoms with Crippen molar-refractivity contribution < 1.29 is 14.7 Å². The molecule has 1 aromatic carbocycles. The zero-order chi connectivity index (χ0) is 20.1. The number of aromatic amines is 1. The summed E-state index contributed by atoms with van der Waals surface area (Å²) in [5.41, 5.74) is 3.59. The average molecular weight is 395 g/mol. The molecule has 2 aliphatic carbocycles. The Bertz CT molecular complexity index is 945. The van der Waals surface area contributed by atoms with Crippen LogP contribution in [0.5, 0.6) is 0 Å². The van der Waals surface area contributed by atoms with Crippen molar-refractivity contribution in [2.45, 2.75) is 69.7 Å². The third-order valence-corrected chi connectivity index (χ3v) is 7.59. The summed E-state index contributed by atoms with van der Waals surface area (Å²) in [6.45, 7) is 2.78. The Balaban J connectivity index is 1.45. The number of H-pyrrole nitrogens is 1. The van der Waals surface area contributed by atoms with Gasteiger partial charge in [0.2, 0.25) is 5.91 Å². The van der Waals surface area contributed by atoms with Crippen LogP contribution in [0.15, 0.2) is 24.4 Å². The van der Waals surface area contributed by atoms with Gasteiger partial charge in [-0.15, -0.1) is 0 Å². The molecule has 1 amide bonds. The standard InChI is InChI=1S/C24H30N2O3/c1-14(19-13-25-20-8-2-5-16(22(19)20)15-10-11-15)23(27)26-12-4-7-17-18(24(28)29)6-3-9-21(17)26/h2,5,8,13-15,17-18,21,25H,3-4,6-7,9-12H2,1H3,(H,28,29). The SMILES string of the molecule is CC(C(=O)N1CCCC2C(C(=O)O)CCCC21)c1c[nH]c2cccc(C3CC3)c12. The number of aliphatic carboxylic acids is 1. The van der Waals surface area contributed by atoms with E-state index in [9.17, 15) is 14.7 Å². The Labute approximate surface area is 171 Å². The van der Waals surface area contributed by atoms with Gasteiger partial charge in [0, 0.05) is 29.7 Å². The van der Waals surface area contributed by atoms with E-state index >= 15 is 0 Å². The van der Waals surface area contributed by atoms with Crippen molar-refractivity contribution in [3.8, 4) is 0 Å². The number of benzene rings is 1. The molecule has 5 nitrogen and oxygen atoms in total. The number of nitrogens with zero attached hydrogens (tertiary/aromatic N) is 1. The second-order valence-electron chi connectivity index (χ2n) is 9.29. The molecule has 4 atom stereocenters. The molecule has 5 rings (SSSR count). The van der Waals surface area contributed by atoms with Gasteiger partial charge in [-0.3, -0.25) is 9.59 Å². The van der Waals surface area contributed by atoms with Crippen LogP contribution >= 0.6 is 0 Å². The number of carbonyl (C=O) groups is 2. The van der Waals surface area contributed by atoms with Crippen LogP contribution in [-0.4, -0.2) is 39.5 Å². The number of aromatic nitrogens is 1. The normalized spacial score (nSPS) is 28.2. The second-order valence-corrected chi connectivity index (χ2v) is 9.29. The molecule has 2 N–H and O–H groups in total. The lowest BCUT2D eigenvalue weighted by Gasteiger charge is -2.47. The fraction of sp³-hybridized carbons (Fsp3) is 0.583. The molecule has 3 aliphatic rings. The van der Waals surface area contributed by atoms with Gasteiger partial charge in [-0.05, 0) is 74.5 Å². The Hall–Kier alpha value is -2.30. The summed E-state index contributed by atoms with van der Waals surface area (Å²) in [5.74, 6) is -0.299. The fourth-order valence-corrected chi connectivity index (χ4v) is 5.97. The van der Waals surface area contributed by atoms with Gasteiger partial charge in [-0.1, -0.05) is 18.6 Å². The van der Waals surface area contributed by atoms with Gasteiger partial charge in [0.05, 0.1) is 11.8 Å². The highest BCUT2D eigenvalue weighted by Crippen LogP contribution is 2.45. The first-order valence-electron chi connectivity index (χ1n) is 11.2. The lowest BCUT2D eigenvalue weighted by atomic mass is 9.71. The third-order valence-electron chi connectivity index (χ3n) is 7.59. The molecule has 2 saturated carbocycles. The number of piperidine rings is 1. The van der Waals surface area contributed by atoms with E-state index in [1.807, 2.05) is 18.0 Å². The summed E-state index contributed by atoms with van der Waals surface area (Å²) in [7, 11) is 0. The van der Waals surface area contributed by atoms with E-state index in [4.69, 9.17) is 0 Å². The van der Waals surface area contributed by atoms with E-state index < -0.39 is 5.97 Å². The van der Waals surface area contributed by atoms with Crippen LogP contribution in [0.25, 0.3) is 10.9 Å². The molecule has 1 saturated heterocycles. The first kappa shape index (κ1) is 18.7. The van der Waals surface area contributed by atoms with E-state index in [2.05, 4.69) is 23.2 Å². The Kier molecular flexibility index (Phi) is 4.64. The highest BCUT2D eigenvalue weighted by Gasteiger charge is 2.44. The second kappa shape index (κ2) is 7.19. The van der Waals surface area contributed by atoms with Crippen LogP contribution in [0, 0.1) is 11.8 Å². The number of carbonyl (C=O) groups excluding carboxylic acids is 1. The predicted octanol–water partition coefficient (Wildman–Crippen LogP) is 4.64. The Morgan fingerprint density at radius 3 is 2.72 bits per heavy atom. The third kappa shape index (κ3) is 3.15. The summed E-state index contributed by atoms with van der Waals surface area (Å²) >= 11 is 0. The highest BCUT2D eigenvalue weighted by atomic mass is 16.4. The van der Waals surface area contributed by atoms with Crippen LogP contribution in [0.2, 0.25) is 0 Å². The first-order chi connectivity index (χ1) is 14.1. The minimum absolute atomic E-state index is 0.0849. The minimum atomic E-state index is -0.687. The molecule has 2 aromatic rings. The summed E-state index contributed by atoms with van der Waals surface area (Å²) < 4.78 is 0. The molecule has 2 heterocycles. The maximum Gasteiger partial charge on any atom is 0.306 e. The molecule has 0 spiro atoms. The number of carboxylic acids is 1. The average Bonchev–Trinajstić information content (AvgIpc) is 3.49. The smallest absolute Gasteiger partial charge is 0.306 e. The molecule has 0 bridgehead atoms. The topological polar surface area (TPSA) is 73.4 Å². The van der Waals surface area contributed by atoms with Crippen LogP contribution in [0.3, 0.4) is 0 Å². The van der Waals surface area contributed by atoms with Crippen LogP contribution in [0.4, 0.5) is 0 Å². The number of amides is 1. The first-order valence-corrected chi connectivity index (χ1v) is 11.2.